The molecule has 4 heteroatoms. The summed E-state index contributed by atoms with van der Waals surface area (Å²) in [6, 6.07) is 1.88. The maximum absolute atomic E-state index is 11.7. The fourth-order valence-electron chi connectivity index (χ4n) is 1.74. The molecule has 14 heavy (non-hydrogen) atoms. The number of thioether (sulfide) groups is 1. The first-order valence-corrected chi connectivity index (χ1v) is 6.62. The highest BCUT2D eigenvalue weighted by atomic mass is 79.9. The van der Waals surface area contributed by atoms with Crippen molar-refractivity contribution < 1.29 is 4.79 Å². The molecule has 0 spiro atoms. The largest absolute Gasteiger partial charge is 0.294 e. The summed E-state index contributed by atoms with van der Waals surface area (Å²) in [4.78, 5) is 12.6. The molecule has 0 fully saturated rings. The minimum atomic E-state index is 0.215. The van der Waals surface area contributed by atoms with Gasteiger partial charge in [-0.1, -0.05) is 27.5 Å². The van der Waals surface area contributed by atoms with Crippen molar-refractivity contribution in [2.75, 3.05) is 6.26 Å². The van der Waals surface area contributed by atoms with Crippen LogP contribution in [-0.2, 0) is 6.42 Å². The Morgan fingerprint density at radius 3 is 2.86 bits per heavy atom. The Balaban J connectivity index is 2.74. The first-order chi connectivity index (χ1) is 6.65. The zero-order chi connectivity index (χ0) is 10.3. The van der Waals surface area contributed by atoms with Gasteiger partial charge in [-0.2, -0.15) is 0 Å². The molecule has 0 radical (unpaired) electrons. The number of carbonyl (C=O) groups excluding carboxylic acids is 1. The number of halogens is 2. The fourth-order valence-corrected chi connectivity index (χ4v) is 3.63. The van der Waals surface area contributed by atoms with Crippen molar-refractivity contribution in [2.24, 2.45) is 0 Å². The van der Waals surface area contributed by atoms with Crippen molar-refractivity contribution in [2.45, 2.75) is 17.7 Å². The van der Waals surface area contributed by atoms with Crippen LogP contribution >= 0.6 is 39.3 Å². The Kier molecular flexibility index (Phi) is 2.91. The van der Waals surface area contributed by atoms with Crippen LogP contribution in [0.4, 0.5) is 0 Å². The number of hydrogen-bond donors (Lipinski definition) is 0. The molecule has 0 aliphatic heterocycles. The summed E-state index contributed by atoms with van der Waals surface area (Å²) in [6.07, 6.45) is 3.39. The molecule has 0 bridgehead atoms. The van der Waals surface area contributed by atoms with Gasteiger partial charge in [0.25, 0.3) is 0 Å². The average molecular weight is 292 g/mol. The molecule has 0 amide bonds. The van der Waals surface area contributed by atoms with Gasteiger partial charge >= 0.3 is 0 Å². The number of Topliss-reactive ketones (excluding diaryl/α,β-unsaturated/α-hetero) is 1. The Morgan fingerprint density at radius 2 is 2.21 bits per heavy atom. The maximum atomic E-state index is 11.7. The lowest BCUT2D eigenvalue weighted by molar-refractivity contribution is 0.0992. The van der Waals surface area contributed by atoms with E-state index in [1.54, 1.807) is 0 Å². The maximum Gasteiger partial charge on any atom is 0.164 e. The van der Waals surface area contributed by atoms with Crippen LogP contribution in [0.1, 0.15) is 22.3 Å². The molecule has 0 unspecified atom stereocenters. The van der Waals surface area contributed by atoms with E-state index in [4.69, 9.17) is 11.6 Å². The highest BCUT2D eigenvalue weighted by Gasteiger charge is 2.26. The van der Waals surface area contributed by atoms with E-state index in [2.05, 4.69) is 15.9 Å². The van der Waals surface area contributed by atoms with E-state index < -0.39 is 0 Å². The zero-order valence-corrected chi connectivity index (χ0v) is 10.7. The molecular weight excluding hydrogens is 284 g/mol. The first-order valence-electron chi connectivity index (χ1n) is 4.23. The van der Waals surface area contributed by atoms with Gasteiger partial charge in [0.05, 0.1) is 5.02 Å². The van der Waals surface area contributed by atoms with E-state index in [1.165, 1.54) is 11.8 Å². The lowest BCUT2D eigenvalue weighted by Gasteiger charge is -2.08. The van der Waals surface area contributed by atoms with Crippen molar-refractivity contribution in [3.63, 3.8) is 0 Å². The molecule has 1 nitrogen and oxygen atoms in total. The molecule has 74 valence electrons. The smallest absolute Gasteiger partial charge is 0.164 e. The molecule has 1 aliphatic carbocycles. The van der Waals surface area contributed by atoms with Gasteiger partial charge in [0, 0.05) is 21.4 Å². The Morgan fingerprint density at radius 1 is 1.50 bits per heavy atom. The second-order valence-electron chi connectivity index (χ2n) is 3.15. The van der Waals surface area contributed by atoms with Gasteiger partial charge < -0.3 is 0 Å². The van der Waals surface area contributed by atoms with Crippen molar-refractivity contribution in [1.82, 2.24) is 0 Å². The van der Waals surface area contributed by atoms with Crippen LogP contribution in [0.25, 0.3) is 0 Å². The monoisotopic (exact) mass is 290 g/mol. The summed E-state index contributed by atoms with van der Waals surface area (Å²) in [6.45, 7) is 0. The number of ketones is 1. The summed E-state index contributed by atoms with van der Waals surface area (Å²) < 4.78 is 0.959. The second-order valence-corrected chi connectivity index (χ2v) is 5.23. The molecule has 2 rings (SSSR count). The summed E-state index contributed by atoms with van der Waals surface area (Å²) in [7, 11) is 0. The Labute approximate surface area is 100 Å². The van der Waals surface area contributed by atoms with Gasteiger partial charge in [-0.3, -0.25) is 4.79 Å². The molecule has 1 aliphatic rings. The number of fused-ring (bicyclic) bond motifs is 1. The predicted molar refractivity (Wildman–Crippen MR) is 63.6 cm³/mol. The van der Waals surface area contributed by atoms with Gasteiger partial charge in [-0.25, -0.2) is 0 Å². The first kappa shape index (κ1) is 10.5. The molecular formula is C10H8BrClOS. The standard InChI is InChI=1S/C10H8BrClOS/c1-14-10-7(12)4-6(11)5-2-3-8(13)9(5)10/h4H,2-3H2,1H3. The van der Waals surface area contributed by atoms with E-state index in [0.29, 0.717) is 11.4 Å². The van der Waals surface area contributed by atoms with Crippen LogP contribution < -0.4 is 0 Å². The summed E-state index contributed by atoms with van der Waals surface area (Å²) in [5.74, 6) is 0.215. The molecule has 0 heterocycles. The number of carbonyl (C=O) groups is 1. The third kappa shape index (κ3) is 1.51. The van der Waals surface area contributed by atoms with Crippen LogP contribution in [0, 0.1) is 0 Å². The van der Waals surface area contributed by atoms with Crippen LogP contribution in [0.5, 0.6) is 0 Å². The number of hydrogen-bond acceptors (Lipinski definition) is 2. The molecule has 0 saturated carbocycles. The topological polar surface area (TPSA) is 17.1 Å². The van der Waals surface area contributed by atoms with Crippen molar-refractivity contribution in [3.05, 3.63) is 26.7 Å². The van der Waals surface area contributed by atoms with E-state index in [9.17, 15) is 4.79 Å². The highest BCUT2D eigenvalue weighted by Crippen LogP contribution is 2.40. The summed E-state index contributed by atoms with van der Waals surface area (Å²) in [5.41, 5.74) is 1.95. The fraction of sp³-hybridized carbons (Fsp3) is 0.300. The predicted octanol–water partition coefficient (Wildman–Crippen LogP) is 3.95. The van der Waals surface area contributed by atoms with Gasteiger partial charge in [-0.05, 0) is 24.3 Å². The Hall–Kier alpha value is 0.01000. The van der Waals surface area contributed by atoms with Crippen LogP contribution in [0.2, 0.25) is 5.02 Å². The van der Waals surface area contributed by atoms with Crippen LogP contribution in [0.3, 0.4) is 0 Å². The van der Waals surface area contributed by atoms with E-state index in [-0.39, 0.29) is 5.78 Å². The molecule has 1 aromatic carbocycles. The SMILES string of the molecule is CSc1c(Cl)cc(Br)c2c1C(=O)CC2. The zero-order valence-electron chi connectivity index (χ0n) is 7.56. The van der Waals surface area contributed by atoms with E-state index in [0.717, 1.165) is 26.9 Å². The molecule has 0 N–H and O–H groups in total. The van der Waals surface area contributed by atoms with Crippen molar-refractivity contribution >= 4 is 45.1 Å². The molecule has 1 aromatic rings. The van der Waals surface area contributed by atoms with Crippen molar-refractivity contribution in [1.29, 1.82) is 0 Å². The van der Waals surface area contributed by atoms with Crippen LogP contribution in [0.15, 0.2) is 15.4 Å². The highest BCUT2D eigenvalue weighted by molar-refractivity contribution is 9.10. The quantitative estimate of drug-likeness (QED) is 0.729. The minimum Gasteiger partial charge on any atom is -0.294 e. The average Bonchev–Trinajstić information content (AvgIpc) is 2.50. The summed E-state index contributed by atoms with van der Waals surface area (Å²) >= 11 is 11.1. The van der Waals surface area contributed by atoms with E-state index in [1.807, 2.05) is 12.3 Å². The number of rotatable bonds is 1. The lowest BCUT2D eigenvalue weighted by atomic mass is 10.1. The normalized spacial score (nSPS) is 14.6. The van der Waals surface area contributed by atoms with Gasteiger partial charge in [-0.15, -0.1) is 11.8 Å². The third-order valence-corrected chi connectivity index (χ3v) is 4.32. The van der Waals surface area contributed by atoms with Crippen molar-refractivity contribution in [3.8, 4) is 0 Å². The third-order valence-electron chi connectivity index (χ3n) is 2.37. The number of benzene rings is 1. The molecule has 0 saturated heterocycles. The Bertz CT molecular complexity index is 417. The molecule has 0 aromatic heterocycles. The minimum absolute atomic E-state index is 0.215. The van der Waals surface area contributed by atoms with Gasteiger partial charge in [0.1, 0.15) is 0 Å². The van der Waals surface area contributed by atoms with E-state index >= 15 is 0 Å². The molecule has 0 atom stereocenters. The summed E-state index contributed by atoms with van der Waals surface area (Å²) in [5, 5.41) is 0.665. The van der Waals surface area contributed by atoms with Crippen LogP contribution in [-0.4, -0.2) is 12.0 Å². The second kappa shape index (κ2) is 3.87. The van der Waals surface area contributed by atoms with Gasteiger partial charge in [0.2, 0.25) is 0 Å². The lowest BCUT2D eigenvalue weighted by Crippen LogP contribution is -1.95. The van der Waals surface area contributed by atoms with Gasteiger partial charge in [0.15, 0.2) is 5.78 Å².